The number of rotatable bonds is 6. The van der Waals surface area contributed by atoms with Gasteiger partial charge in [-0.05, 0) is 36.4 Å². The lowest BCUT2D eigenvalue weighted by Gasteiger charge is -2.08. The molecule has 0 atom stereocenters. The molecule has 1 N–H and O–H groups in total. The van der Waals surface area contributed by atoms with Gasteiger partial charge in [0.05, 0.1) is 32.1 Å². The minimum atomic E-state index is -1.35. The quantitative estimate of drug-likeness (QED) is 0.647. The molecular formula is C16H14ClN2O4-. The van der Waals surface area contributed by atoms with Crippen LogP contribution in [0.3, 0.4) is 0 Å². The predicted octanol–water partition coefficient (Wildman–Crippen LogP) is 2.17. The number of nitrogens with one attached hydrogen (secondary N) is 1. The number of nitrogens with zero attached hydrogens (tertiary/aromatic N) is 1. The molecule has 0 aromatic heterocycles. The molecule has 0 aliphatic carbocycles. The summed E-state index contributed by atoms with van der Waals surface area (Å²) < 4.78 is 10.4. The first-order valence-corrected chi connectivity index (χ1v) is 6.95. The summed E-state index contributed by atoms with van der Waals surface area (Å²) in [7, 11) is 3.12. The molecule has 2 rings (SSSR count). The molecule has 120 valence electrons. The number of benzene rings is 2. The third-order valence-corrected chi connectivity index (χ3v) is 3.35. The number of ether oxygens (including phenoxy) is 2. The van der Waals surface area contributed by atoms with Gasteiger partial charge in [0, 0.05) is 16.1 Å². The lowest BCUT2D eigenvalue weighted by atomic mass is 10.2. The Labute approximate surface area is 138 Å². The molecule has 2 aromatic carbocycles. The molecule has 0 heterocycles. The van der Waals surface area contributed by atoms with Crippen molar-refractivity contribution in [2.75, 3.05) is 19.6 Å². The summed E-state index contributed by atoms with van der Waals surface area (Å²) in [5.41, 5.74) is 3.79. The Kier molecular flexibility index (Phi) is 5.43. The average Bonchev–Trinajstić information content (AvgIpc) is 2.56. The summed E-state index contributed by atoms with van der Waals surface area (Å²) in [6, 6.07) is 9.70. The van der Waals surface area contributed by atoms with Gasteiger partial charge < -0.3 is 19.4 Å². The fourth-order valence-corrected chi connectivity index (χ4v) is 2.06. The van der Waals surface area contributed by atoms with Gasteiger partial charge in [-0.15, -0.1) is 0 Å². The van der Waals surface area contributed by atoms with Gasteiger partial charge in [-0.2, -0.15) is 5.10 Å². The van der Waals surface area contributed by atoms with Crippen LogP contribution in [0.5, 0.6) is 11.5 Å². The van der Waals surface area contributed by atoms with E-state index in [4.69, 9.17) is 21.1 Å². The monoisotopic (exact) mass is 333 g/mol. The zero-order valence-electron chi connectivity index (χ0n) is 12.5. The highest BCUT2D eigenvalue weighted by Crippen LogP contribution is 2.23. The van der Waals surface area contributed by atoms with Gasteiger partial charge in [0.15, 0.2) is 0 Å². The van der Waals surface area contributed by atoms with Gasteiger partial charge in [-0.1, -0.05) is 11.6 Å². The summed E-state index contributed by atoms with van der Waals surface area (Å²) in [5.74, 6) is -0.0574. The highest BCUT2D eigenvalue weighted by Gasteiger charge is 2.04. The zero-order chi connectivity index (χ0) is 16.8. The van der Waals surface area contributed by atoms with E-state index in [0.717, 1.165) is 0 Å². The van der Waals surface area contributed by atoms with E-state index in [1.54, 1.807) is 38.5 Å². The molecule has 0 aliphatic rings. The normalized spacial score (nSPS) is 10.6. The Balaban J connectivity index is 2.19. The molecule has 0 amide bonds. The van der Waals surface area contributed by atoms with Crippen LogP contribution < -0.4 is 20.0 Å². The van der Waals surface area contributed by atoms with Crippen LogP contribution in [-0.2, 0) is 0 Å². The van der Waals surface area contributed by atoms with Crippen molar-refractivity contribution < 1.29 is 19.4 Å². The van der Waals surface area contributed by atoms with E-state index < -0.39 is 5.97 Å². The maximum atomic E-state index is 10.9. The number of carbonyl (C=O) groups is 1. The number of halogens is 1. The molecule has 0 bridgehead atoms. The Bertz CT molecular complexity index is 747. The predicted molar refractivity (Wildman–Crippen MR) is 86.5 cm³/mol. The smallest absolute Gasteiger partial charge is 0.127 e. The highest BCUT2D eigenvalue weighted by atomic mass is 35.5. The maximum Gasteiger partial charge on any atom is 0.127 e. The number of hydrogen-bond acceptors (Lipinski definition) is 6. The largest absolute Gasteiger partial charge is 0.545 e. The molecule has 0 spiro atoms. The van der Waals surface area contributed by atoms with E-state index in [-0.39, 0.29) is 10.6 Å². The molecule has 0 unspecified atom stereocenters. The van der Waals surface area contributed by atoms with Crippen LogP contribution in [0.25, 0.3) is 0 Å². The minimum Gasteiger partial charge on any atom is -0.545 e. The van der Waals surface area contributed by atoms with Gasteiger partial charge in [0.1, 0.15) is 11.5 Å². The Morgan fingerprint density at radius 1 is 1.22 bits per heavy atom. The van der Waals surface area contributed by atoms with E-state index in [0.29, 0.717) is 22.7 Å². The van der Waals surface area contributed by atoms with E-state index >= 15 is 0 Å². The highest BCUT2D eigenvalue weighted by molar-refractivity contribution is 6.33. The van der Waals surface area contributed by atoms with Crippen molar-refractivity contribution in [2.45, 2.75) is 0 Å². The van der Waals surface area contributed by atoms with Crippen molar-refractivity contribution in [3.63, 3.8) is 0 Å². The van der Waals surface area contributed by atoms with E-state index in [1.807, 2.05) is 0 Å². The molecule has 7 heteroatoms. The third-order valence-electron chi connectivity index (χ3n) is 3.02. The number of carboxylic acids is 1. The summed E-state index contributed by atoms with van der Waals surface area (Å²) in [6.07, 6.45) is 1.54. The van der Waals surface area contributed by atoms with Gasteiger partial charge in [-0.3, -0.25) is 5.43 Å². The molecule has 0 fully saturated rings. The fraction of sp³-hybridized carbons (Fsp3) is 0.125. The van der Waals surface area contributed by atoms with Crippen molar-refractivity contribution in [2.24, 2.45) is 5.10 Å². The van der Waals surface area contributed by atoms with Crippen LogP contribution in [0.1, 0.15) is 15.9 Å². The molecule has 0 saturated carbocycles. The Morgan fingerprint density at radius 2 is 2.00 bits per heavy atom. The number of methoxy groups -OCH3 is 2. The second-order valence-corrected chi connectivity index (χ2v) is 4.87. The van der Waals surface area contributed by atoms with Gasteiger partial charge in [-0.25, -0.2) is 0 Å². The van der Waals surface area contributed by atoms with Crippen molar-refractivity contribution in [1.82, 2.24) is 0 Å². The van der Waals surface area contributed by atoms with Crippen LogP contribution in [0.15, 0.2) is 41.5 Å². The van der Waals surface area contributed by atoms with Crippen LogP contribution in [0, 0.1) is 0 Å². The topological polar surface area (TPSA) is 83.0 Å². The number of hydrazone groups is 1. The van der Waals surface area contributed by atoms with Crippen LogP contribution in [0.4, 0.5) is 5.69 Å². The van der Waals surface area contributed by atoms with E-state index in [9.17, 15) is 9.90 Å². The van der Waals surface area contributed by atoms with Crippen LogP contribution in [0.2, 0.25) is 5.02 Å². The first-order valence-electron chi connectivity index (χ1n) is 6.57. The van der Waals surface area contributed by atoms with Crippen molar-refractivity contribution >= 4 is 29.5 Å². The maximum absolute atomic E-state index is 10.9. The molecule has 2 aromatic rings. The van der Waals surface area contributed by atoms with E-state index in [2.05, 4.69) is 10.5 Å². The third kappa shape index (κ3) is 4.14. The lowest BCUT2D eigenvalue weighted by molar-refractivity contribution is -0.255. The van der Waals surface area contributed by atoms with Crippen molar-refractivity contribution in [3.8, 4) is 11.5 Å². The zero-order valence-corrected chi connectivity index (χ0v) is 13.3. The Morgan fingerprint density at radius 3 is 2.65 bits per heavy atom. The number of anilines is 1. The number of aromatic carboxylic acids is 1. The van der Waals surface area contributed by atoms with Crippen LogP contribution in [-0.4, -0.2) is 26.4 Å². The van der Waals surface area contributed by atoms with Crippen molar-refractivity contribution in [3.05, 3.63) is 52.5 Å². The average molecular weight is 334 g/mol. The summed E-state index contributed by atoms with van der Waals surface area (Å²) in [5, 5.41) is 15.1. The second kappa shape index (κ2) is 7.51. The molecular weight excluding hydrogens is 320 g/mol. The Hall–Kier alpha value is -2.73. The molecule has 0 saturated heterocycles. The van der Waals surface area contributed by atoms with Gasteiger partial charge in [0.2, 0.25) is 0 Å². The molecule has 0 aliphatic heterocycles. The number of hydrogen-bond donors (Lipinski definition) is 1. The standard InChI is InChI=1S/C16H15ClN2O4/c1-22-12-4-6-15(23-2)10(7-12)9-18-19-11-3-5-14(17)13(8-11)16(20)21/h3-9,19H,1-2H3,(H,20,21)/p-1/b18-9-. The second-order valence-electron chi connectivity index (χ2n) is 4.46. The molecule has 0 radical (unpaired) electrons. The van der Waals surface area contributed by atoms with E-state index in [1.165, 1.54) is 18.3 Å². The number of carbonyl (C=O) groups excluding carboxylic acids is 1. The fourth-order valence-electron chi connectivity index (χ4n) is 1.87. The lowest BCUT2D eigenvalue weighted by Crippen LogP contribution is -2.22. The first kappa shape index (κ1) is 16.6. The summed E-state index contributed by atoms with van der Waals surface area (Å²) in [4.78, 5) is 10.9. The first-order chi connectivity index (χ1) is 11.0. The summed E-state index contributed by atoms with van der Waals surface area (Å²) >= 11 is 5.78. The van der Waals surface area contributed by atoms with Gasteiger partial charge >= 0.3 is 0 Å². The summed E-state index contributed by atoms with van der Waals surface area (Å²) in [6.45, 7) is 0. The van der Waals surface area contributed by atoms with Gasteiger partial charge in [0.25, 0.3) is 0 Å². The van der Waals surface area contributed by atoms with Crippen molar-refractivity contribution in [1.29, 1.82) is 0 Å². The molecule has 6 nitrogen and oxygen atoms in total. The number of carboxylic acid groups (broad SMARTS) is 1. The SMILES string of the molecule is COc1ccc(OC)c(/C=N\Nc2ccc(Cl)c(C(=O)[O-])c2)c1. The van der Waals surface area contributed by atoms with Crippen LogP contribution >= 0.6 is 11.6 Å². The molecule has 23 heavy (non-hydrogen) atoms. The minimum absolute atomic E-state index is 0.106.